The second kappa shape index (κ2) is 12.1. The van der Waals surface area contributed by atoms with Crippen molar-refractivity contribution in [1.29, 1.82) is 0 Å². The normalized spacial score (nSPS) is 17.1. The Kier molecular flexibility index (Phi) is 12.5. The number of sulfonamides is 2. The summed E-state index contributed by atoms with van der Waals surface area (Å²) in [5.41, 5.74) is 0. The maximum Gasteiger partial charge on any atom is 0.390 e. The predicted molar refractivity (Wildman–Crippen MR) is 103 cm³/mol. The van der Waals surface area contributed by atoms with Gasteiger partial charge < -0.3 is 0 Å². The van der Waals surface area contributed by atoms with Crippen LogP contribution in [0.2, 0.25) is 0 Å². The van der Waals surface area contributed by atoms with E-state index < -0.39 is 67.6 Å². The van der Waals surface area contributed by atoms with Gasteiger partial charge in [0.25, 0.3) is 0 Å². The molecule has 0 heterocycles. The number of hydrogen-bond donors (Lipinski definition) is 2. The van der Waals surface area contributed by atoms with Crippen molar-refractivity contribution < 1.29 is 43.2 Å². The van der Waals surface area contributed by atoms with Crippen LogP contribution in [0.3, 0.4) is 0 Å². The van der Waals surface area contributed by atoms with E-state index in [-0.39, 0.29) is 12.8 Å². The molecule has 0 unspecified atom stereocenters. The molecule has 0 radical (unpaired) electrons. The van der Waals surface area contributed by atoms with E-state index in [0.29, 0.717) is 0 Å². The molecule has 0 spiro atoms. The number of allylic oxidation sites excluding steroid dienone is 2. The van der Waals surface area contributed by atoms with Crippen molar-refractivity contribution in [3.63, 3.8) is 0 Å². The molecule has 0 amide bonds. The van der Waals surface area contributed by atoms with Crippen LogP contribution in [0.5, 0.6) is 0 Å². The summed E-state index contributed by atoms with van der Waals surface area (Å²) in [6.45, 7) is 9.50. The lowest BCUT2D eigenvalue weighted by Crippen LogP contribution is -2.37. The highest BCUT2D eigenvalue weighted by Gasteiger charge is 2.40. The van der Waals surface area contributed by atoms with Gasteiger partial charge in [0.05, 0.1) is 23.3 Å². The SMILES string of the molecule is C=CC[C@H](C)[C@@H](CC(F)(F)F)S(N)(=O)=O.C=CC[C@H](C)[C@H](CC(F)(F)F)S(N)(=O)=O. The molecule has 6 nitrogen and oxygen atoms in total. The Labute approximate surface area is 173 Å². The van der Waals surface area contributed by atoms with E-state index in [1.54, 1.807) is 0 Å². The summed E-state index contributed by atoms with van der Waals surface area (Å²) in [5.74, 6) is -1.39. The highest BCUT2D eigenvalue weighted by atomic mass is 32.2. The number of alkyl halides is 6. The molecule has 0 aromatic heterocycles. The third-order valence-electron chi connectivity index (χ3n) is 4.06. The van der Waals surface area contributed by atoms with Gasteiger partial charge in [-0.25, -0.2) is 27.1 Å². The smallest absolute Gasteiger partial charge is 0.228 e. The monoisotopic (exact) mass is 490 g/mol. The second-order valence-corrected chi connectivity index (χ2v) is 10.5. The Morgan fingerprint density at radius 1 is 0.733 bits per heavy atom. The molecule has 180 valence electrons. The first-order valence-corrected chi connectivity index (χ1v) is 11.8. The lowest BCUT2D eigenvalue weighted by atomic mass is 10.0. The minimum Gasteiger partial charge on any atom is -0.228 e. The summed E-state index contributed by atoms with van der Waals surface area (Å²) in [4.78, 5) is 0. The number of nitrogens with two attached hydrogens (primary N) is 2. The van der Waals surface area contributed by atoms with E-state index in [1.165, 1.54) is 26.0 Å². The lowest BCUT2D eigenvalue weighted by Gasteiger charge is -2.22. The van der Waals surface area contributed by atoms with Crippen molar-refractivity contribution in [2.45, 2.75) is 62.4 Å². The first-order chi connectivity index (χ1) is 13.2. The Balaban J connectivity index is 0. The zero-order valence-electron chi connectivity index (χ0n) is 16.6. The summed E-state index contributed by atoms with van der Waals surface area (Å²) in [7, 11) is -8.37. The van der Waals surface area contributed by atoms with E-state index >= 15 is 0 Å². The summed E-state index contributed by atoms with van der Waals surface area (Å²) in [5, 5.41) is 6.31. The molecule has 0 aliphatic rings. The quantitative estimate of drug-likeness (QED) is 0.359. The fourth-order valence-electron chi connectivity index (χ4n) is 2.57. The van der Waals surface area contributed by atoms with Crippen LogP contribution in [0.4, 0.5) is 26.3 Å². The second-order valence-electron chi connectivity index (χ2n) is 6.90. The van der Waals surface area contributed by atoms with Crippen molar-refractivity contribution in [1.82, 2.24) is 0 Å². The van der Waals surface area contributed by atoms with Crippen LogP contribution >= 0.6 is 0 Å². The maximum atomic E-state index is 12.1. The molecule has 0 saturated carbocycles. The molecule has 0 fully saturated rings. The van der Waals surface area contributed by atoms with Crippen LogP contribution in [0.1, 0.15) is 39.5 Å². The first kappa shape index (κ1) is 31.1. The number of halogens is 6. The topological polar surface area (TPSA) is 120 Å². The van der Waals surface area contributed by atoms with E-state index in [1.807, 2.05) is 0 Å². The minimum atomic E-state index is -4.54. The van der Waals surface area contributed by atoms with Gasteiger partial charge in [0.2, 0.25) is 20.0 Å². The molecule has 0 aromatic carbocycles. The third-order valence-corrected chi connectivity index (χ3v) is 7.01. The van der Waals surface area contributed by atoms with Gasteiger partial charge in [-0.15, -0.1) is 13.2 Å². The average molecular weight is 491 g/mol. The van der Waals surface area contributed by atoms with Gasteiger partial charge in [0, 0.05) is 0 Å². The Bertz CT molecular complexity index is 685. The van der Waals surface area contributed by atoms with Crippen molar-refractivity contribution in [3.8, 4) is 0 Å². The molecular formula is C16H28F6N2O4S2. The Hall–Kier alpha value is -1.12. The van der Waals surface area contributed by atoms with E-state index in [9.17, 15) is 43.2 Å². The number of primary sulfonamides is 2. The van der Waals surface area contributed by atoms with Crippen LogP contribution < -0.4 is 10.3 Å². The molecule has 4 N–H and O–H groups in total. The summed E-state index contributed by atoms with van der Waals surface area (Å²) >= 11 is 0. The van der Waals surface area contributed by atoms with Gasteiger partial charge in [0.1, 0.15) is 0 Å². The minimum absolute atomic E-state index is 0.178. The van der Waals surface area contributed by atoms with Gasteiger partial charge in [-0.1, -0.05) is 26.0 Å². The zero-order chi connectivity index (χ0) is 24.6. The molecule has 0 aliphatic carbocycles. The Morgan fingerprint density at radius 2 is 0.967 bits per heavy atom. The van der Waals surface area contributed by atoms with Crippen molar-refractivity contribution >= 4 is 20.0 Å². The molecule has 0 aliphatic heterocycles. The fraction of sp³-hybridized carbons (Fsp3) is 0.750. The van der Waals surface area contributed by atoms with Gasteiger partial charge in [-0.3, -0.25) is 0 Å². The average Bonchev–Trinajstić information content (AvgIpc) is 2.47. The van der Waals surface area contributed by atoms with Crippen LogP contribution in [0.25, 0.3) is 0 Å². The standard InChI is InChI=1S/2C8H14F3NO2S/c2*1-3-4-6(2)7(15(12,13)14)5-8(9,10)11/h2*3,6-7H,1,4-5H2,2H3,(H2,12,13,14)/t6-,7+;6-,7-/m00/s1. The van der Waals surface area contributed by atoms with E-state index in [2.05, 4.69) is 13.2 Å². The number of rotatable bonds is 10. The lowest BCUT2D eigenvalue weighted by molar-refractivity contribution is -0.137. The van der Waals surface area contributed by atoms with Crippen molar-refractivity contribution in [2.75, 3.05) is 0 Å². The van der Waals surface area contributed by atoms with Gasteiger partial charge in [0.15, 0.2) is 0 Å². The molecule has 0 rings (SSSR count). The van der Waals surface area contributed by atoms with E-state index in [0.717, 1.165) is 0 Å². The van der Waals surface area contributed by atoms with Crippen LogP contribution in [0, 0.1) is 11.8 Å². The maximum absolute atomic E-state index is 12.1. The molecule has 30 heavy (non-hydrogen) atoms. The summed E-state index contributed by atoms with van der Waals surface area (Å²) < 4.78 is 116. The molecule has 0 bridgehead atoms. The van der Waals surface area contributed by atoms with Crippen LogP contribution in [0.15, 0.2) is 25.3 Å². The van der Waals surface area contributed by atoms with Gasteiger partial charge >= 0.3 is 12.4 Å². The highest BCUT2D eigenvalue weighted by Crippen LogP contribution is 2.30. The zero-order valence-corrected chi connectivity index (χ0v) is 18.2. The predicted octanol–water partition coefficient (Wildman–Crippen LogP) is 3.62. The molecule has 0 aromatic rings. The van der Waals surface area contributed by atoms with Gasteiger partial charge in [-0.2, -0.15) is 26.3 Å². The largest absolute Gasteiger partial charge is 0.390 e. The summed E-state index contributed by atoms with van der Waals surface area (Å²) in [6.07, 6.45) is -8.80. The van der Waals surface area contributed by atoms with Crippen molar-refractivity contribution in [2.24, 2.45) is 22.1 Å². The molecular weight excluding hydrogens is 462 g/mol. The summed E-state index contributed by atoms with van der Waals surface area (Å²) in [6, 6.07) is 0. The first-order valence-electron chi connectivity index (χ1n) is 8.54. The van der Waals surface area contributed by atoms with Crippen LogP contribution in [-0.4, -0.2) is 39.7 Å². The third kappa shape index (κ3) is 14.8. The molecule has 4 atom stereocenters. The Morgan fingerprint density at radius 3 is 1.10 bits per heavy atom. The fourth-order valence-corrected chi connectivity index (χ4v) is 4.93. The van der Waals surface area contributed by atoms with Gasteiger partial charge in [-0.05, 0) is 24.7 Å². The van der Waals surface area contributed by atoms with Crippen LogP contribution in [-0.2, 0) is 20.0 Å². The molecule has 0 saturated heterocycles. The van der Waals surface area contributed by atoms with E-state index in [4.69, 9.17) is 10.3 Å². The number of hydrogen-bond acceptors (Lipinski definition) is 4. The highest BCUT2D eigenvalue weighted by molar-refractivity contribution is 7.90. The van der Waals surface area contributed by atoms with Crippen molar-refractivity contribution in [3.05, 3.63) is 25.3 Å². The molecule has 14 heteroatoms.